The normalized spacial score (nSPS) is 12.0. The van der Waals surface area contributed by atoms with Crippen LogP contribution in [0.25, 0.3) is 21.3 Å². The quantitative estimate of drug-likeness (QED) is 0.322. The summed E-state index contributed by atoms with van der Waals surface area (Å²) in [6.07, 6.45) is 0. The molecule has 0 aliphatic rings. The lowest BCUT2D eigenvalue weighted by Crippen LogP contribution is -2.44. The third kappa shape index (κ3) is 5.04. The number of nitrogens with one attached hydrogen (secondary N) is 2. The molecule has 1 atom stereocenters. The molecule has 0 aliphatic heterocycles. The summed E-state index contributed by atoms with van der Waals surface area (Å²) in [7, 11) is 0. The predicted octanol–water partition coefficient (Wildman–Crippen LogP) is 5.85. The number of aliphatic carboxylic acids is 1. The molecular weight excluding hydrogens is 434 g/mol. The summed E-state index contributed by atoms with van der Waals surface area (Å²) in [6, 6.07) is 20.7. The first kappa shape index (κ1) is 22.5. The maximum absolute atomic E-state index is 12.6. The van der Waals surface area contributed by atoms with Crippen molar-refractivity contribution >= 4 is 44.2 Å². The number of rotatable bonds is 7. The summed E-state index contributed by atoms with van der Waals surface area (Å²) >= 11 is 1.61. The van der Waals surface area contributed by atoms with Crippen LogP contribution in [0.5, 0.6) is 0 Å². The summed E-state index contributed by atoms with van der Waals surface area (Å²) in [5, 5.41) is 16.1. The van der Waals surface area contributed by atoms with Crippen LogP contribution in [0.1, 0.15) is 29.8 Å². The number of aryl methyl sites for hydroxylation is 1. The van der Waals surface area contributed by atoms with Gasteiger partial charge in [0.15, 0.2) is 5.13 Å². The van der Waals surface area contributed by atoms with Gasteiger partial charge in [-0.3, -0.25) is 4.79 Å². The van der Waals surface area contributed by atoms with Crippen LogP contribution in [0, 0.1) is 12.8 Å². The molecule has 0 unspecified atom stereocenters. The Morgan fingerprint density at radius 1 is 0.970 bits per heavy atom. The van der Waals surface area contributed by atoms with Gasteiger partial charge in [-0.05, 0) is 59.9 Å². The van der Waals surface area contributed by atoms with Gasteiger partial charge >= 0.3 is 5.97 Å². The Hall–Kier alpha value is -3.71. The third-order valence-corrected chi connectivity index (χ3v) is 6.41. The van der Waals surface area contributed by atoms with Gasteiger partial charge in [0.05, 0.1) is 10.2 Å². The summed E-state index contributed by atoms with van der Waals surface area (Å²) in [5.74, 6) is -1.62. The second kappa shape index (κ2) is 9.42. The van der Waals surface area contributed by atoms with Gasteiger partial charge in [-0.25, -0.2) is 9.78 Å². The van der Waals surface area contributed by atoms with Crippen molar-refractivity contribution in [2.24, 2.45) is 5.92 Å². The topological polar surface area (TPSA) is 91.3 Å². The number of fused-ring (bicyclic) bond motifs is 1. The number of carbonyl (C=O) groups is 2. The average molecular weight is 460 g/mol. The van der Waals surface area contributed by atoms with E-state index in [9.17, 15) is 14.7 Å². The monoisotopic (exact) mass is 459 g/mol. The highest BCUT2D eigenvalue weighted by Crippen LogP contribution is 2.29. The summed E-state index contributed by atoms with van der Waals surface area (Å²) in [5.41, 5.74) is 5.18. The highest BCUT2D eigenvalue weighted by molar-refractivity contribution is 7.22. The Balaban J connectivity index is 1.48. The van der Waals surface area contributed by atoms with Crippen LogP contribution in [-0.2, 0) is 4.79 Å². The number of benzene rings is 3. The number of carboxylic acids is 1. The van der Waals surface area contributed by atoms with Crippen molar-refractivity contribution < 1.29 is 14.7 Å². The van der Waals surface area contributed by atoms with Crippen LogP contribution in [0.15, 0.2) is 66.7 Å². The lowest BCUT2D eigenvalue weighted by atomic mass is 9.98. The van der Waals surface area contributed by atoms with Crippen molar-refractivity contribution in [3.8, 4) is 11.1 Å². The molecule has 3 N–H and O–H groups in total. The van der Waals surface area contributed by atoms with Crippen LogP contribution < -0.4 is 10.6 Å². The Kier molecular flexibility index (Phi) is 6.42. The van der Waals surface area contributed by atoms with Crippen molar-refractivity contribution in [3.63, 3.8) is 0 Å². The van der Waals surface area contributed by atoms with E-state index < -0.39 is 12.0 Å². The molecule has 0 bridgehead atoms. The smallest absolute Gasteiger partial charge is 0.326 e. The standard InChI is InChI=1S/C26H25N3O3S/c1-15(2)23(25(31)32)29-24(30)20-13-10-18(14-16(20)3)17-8-11-19(12-9-17)27-26-28-21-6-4-5-7-22(21)33-26/h4-15,23H,1-3H3,(H,27,28)(H,29,30)(H,31,32)/t23-/m0/s1. The molecule has 1 heterocycles. The number of hydrogen-bond donors (Lipinski definition) is 3. The van der Waals surface area contributed by atoms with E-state index >= 15 is 0 Å². The fourth-order valence-corrected chi connectivity index (χ4v) is 4.51. The number of hydrogen-bond acceptors (Lipinski definition) is 5. The van der Waals surface area contributed by atoms with Crippen molar-refractivity contribution in [3.05, 3.63) is 77.9 Å². The van der Waals surface area contributed by atoms with E-state index in [1.165, 1.54) is 0 Å². The minimum Gasteiger partial charge on any atom is -0.480 e. The zero-order valence-electron chi connectivity index (χ0n) is 18.6. The summed E-state index contributed by atoms with van der Waals surface area (Å²) < 4.78 is 1.14. The first-order chi connectivity index (χ1) is 15.8. The second-order valence-corrected chi connectivity index (χ2v) is 9.28. The molecule has 1 amide bonds. The number of carbonyl (C=O) groups excluding carboxylic acids is 1. The Morgan fingerprint density at radius 2 is 1.67 bits per heavy atom. The number of carboxylic acid groups (broad SMARTS) is 1. The van der Waals surface area contributed by atoms with E-state index in [1.54, 1.807) is 31.3 Å². The Labute approximate surface area is 196 Å². The van der Waals surface area contributed by atoms with Gasteiger partial charge in [0.25, 0.3) is 5.91 Å². The molecule has 33 heavy (non-hydrogen) atoms. The predicted molar refractivity (Wildman–Crippen MR) is 133 cm³/mol. The van der Waals surface area contributed by atoms with Crippen LogP contribution in [-0.4, -0.2) is 28.0 Å². The molecule has 3 aromatic carbocycles. The molecule has 0 spiro atoms. The number of para-hydroxylation sites is 1. The first-order valence-corrected chi connectivity index (χ1v) is 11.5. The molecule has 1 aromatic heterocycles. The third-order valence-electron chi connectivity index (χ3n) is 5.45. The van der Waals surface area contributed by atoms with Crippen LogP contribution in [0.2, 0.25) is 0 Å². The zero-order valence-corrected chi connectivity index (χ0v) is 19.4. The zero-order chi connectivity index (χ0) is 23.5. The number of amides is 1. The second-order valence-electron chi connectivity index (χ2n) is 8.25. The highest BCUT2D eigenvalue weighted by atomic mass is 32.1. The maximum Gasteiger partial charge on any atom is 0.326 e. The van der Waals surface area contributed by atoms with Gasteiger partial charge in [-0.15, -0.1) is 0 Å². The molecule has 4 aromatic rings. The van der Waals surface area contributed by atoms with Gasteiger partial charge in [-0.2, -0.15) is 0 Å². The molecule has 0 radical (unpaired) electrons. The van der Waals surface area contributed by atoms with Gasteiger partial charge in [0.1, 0.15) is 6.04 Å². The number of aromatic nitrogens is 1. The van der Waals surface area contributed by atoms with E-state index in [1.807, 2.05) is 61.5 Å². The lowest BCUT2D eigenvalue weighted by molar-refractivity contribution is -0.140. The molecule has 168 valence electrons. The Bertz CT molecular complexity index is 1280. The van der Waals surface area contributed by atoms with Crippen molar-refractivity contribution in [2.45, 2.75) is 26.8 Å². The number of thiazole rings is 1. The fraction of sp³-hybridized carbons (Fsp3) is 0.192. The highest BCUT2D eigenvalue weighted by Gasteiger charge is 2.24. The van der Waals surface area contributed by atoms with Gasteiger partial charge < -0.3 is 15.7 Å². The SMILES string of the molecule is Cc1cc(-c2ccc(Nc3nc4ccccc4s3)cc2)ccc1C(=O)N[C@H](C(=O)O)C(C)C. The number of anilines is 2. The van der Waals surface area contributed by atoms with Gasteiger partial charge in [0.2, 0.25) is 0 Å². The fourth-order valence-electron chi connectivity index (χ4n) is 3.63. The molecule has 4 rings (SSSR count). The molecule has 7 heteroatoms. The van der Waals surface area contributed by atoms with E-state index in [2.05, 4.69) is 21.7 Å². The maximum atomic E-state index is 12.6. The summed E-state index contributed by atoms with van der Waals surface area (Å²) in [4.78, 5) is 28.6. The van der Waals surface area contributed by atoms with Crippen molar-refractivity contribution in [2.75, 3.05) is 5.32 Å². The van der Waals surface area contributed by atoms with Crippen molar-refractivity contribution in [1.29, 1.82) is 0 Å². The van der Waals surface area contributed by atoms with Crippen LogP contribution in [0.4, 0.5) is 10.8 Å². The van der Waals surface area contributed by atoms with Crippen LogP contribution >= 0.6 is 11.3 Å². The average Bonchev–Trinajstić information content (AvgIpc) is 3.19. The lowest BCUT2D eigenvalue weighted by Gasteiger charge is -2.18. The molecule has 6 nitrogen and oxygen atoms in total. The molecular formula is C26H25N3O3S. The van der Waals surface area contributed by atoms with Gasteiger partial charge in [0, 0.05) is 11.3 Å². The van der Waals surface area contributed by atoms with E-state index in [4.69, 9.17) is 0 Å². The summed E-state index contributed by atoms with van der Waals surface area (Å²) in [6.45, 7) is 5.39. The molecule has 0 aliphatic carbocycles. The molecule has 0 saturated carbocycles. The Morgan fingerprint density at radius 3 is 2.30 bits per heavy atom. The van der Waals surface area contributed by atoms with E-state index in [0.29, 0.717) is 5.56 Å². The van der Waals surface area contributed by atoms with E-state index in [0.717, 1.165) is 37.7 Å². The molecule has 0 fully saturated rings. The van der Waals surface area contributed by atoms with E-state index in [-0.39, 0.29) is 11.8 Å². The molecule has 0 saturated heterocycles. The minimum absolute atomic E-state index is 0.207. The van der Waals surface area contributed by atoms with Crippen LogP contribution in [0.3, 0.4) is 0 Å². The first-order valence-electron chi connectivity index (χ1n) is 10.7. The minimum atomic E-state index is -1.04. The largest absolute Gasteiger partial charge is 0.480 e. The van der Waals surface area contributed by atoms with Crippen molar-refractivity contribution in [1.82, 2.24) is 10.3 Å². The number of nitrogens with zero attached hydrogens (tertiary/aromatic N) is 1. The van der Waals surface area contributed by atoms with Gasteiger partial charge in [-0.1, -0.05) is 61.6 Å².